The molecule has 0 spiro atoms. The minimum absolute atomic E-state index is 0.0942. The Morgan fingerprint density at radius 1 is 1.23 bits per heavy atom. The summed E-state index contributed by atoms with van der Waals surface area (Å²) >= 11 is 0. The lowest BCUT2D eigenvalue weighted by molar-refractivity contribution is -0.0442. The van der Waals surface area contributed by atoms with E-state index in [9.17, 15) is 5.11 Å². The molecule has 0 bridgehead atoms. The van der Waals surface area contributed by atoms with E-state index in [2.05, 4.69) is 5.32 Å². The van der Waals surface area contributed by atoms with Crippen LogP contribution in [0.1, 0.15) is 34.6 Å². The Kier molecular flexibility index (Phi) is 4.89. The van der Waals surface area contributed by atoms with Crippen molar-refractivity contribution in [2.75, 3.05) is 19.8 Å². The Morgan fingerprint density at radius 3 is 2.08 bits per heavy atom. The number of nitrogens with one attached hydrogen (secondary N) is 1. The first-order valence-electron chi connectivity index (χ1n) is 4.83. The average Bonchev–Trinajstić information content (AvgIpc) is 2.01. The van der Waals surface area contributed by atoms with Crippen LogP contribution in [0.2, 0.25) is 0 Å². The SMILES string of the molecule is CCNC(C)(CO)COC(C)(C)C. The molecule has 0 aliphatic rings. The Labute approximate surface area is 81.5 Å². The maximum atomic E-state index is 9.17. The van der Waals surface area contributed by atoms with Crippen molar-refractivity contribution < 1.29 is 9.84 Å². The number of aliphatic hydroxyl groups excluding tert-OH is 1. The van der Waals surface area contributed by atoms with E-state index in [4.69, 9.17) is 4.74 Å². The summed E-state index contributed by atoms with van der Waals surface area (Å²) in [6.45, 7) is 11.5. The Hall–Kier alpha value is -0.120. The fourth-order valence-electron chi connectivity index (χ4n) is 0.955. The molecule has 0 amide bonds. The number of likely N-dealkylation sites (N-methyl/N-ethyl adjacent to an activating group) is 1. The number of hydrogen-bond acceptors (Lipinski definition) is 3. The maximum Gasteiger partial charge on any atom is 0.0675 e. The third-order valence-electron chi connectivity index (χ3n) is 1.78. The molecule has 0 aliphatic heterocycles. The van der Waals surface area contributed by atoms with Gasteiger partial charge in [-0.25, -0.2) is 0 Å². The van der Waals surface area contributed by atoms with Gasteiger partial charge in [0.05, 0.1) is 24.4 Å². The van der Waals surface area contributed by atoms with E-state index in [1.54, 1.807) is 0 Å². The van der Waals surface area contributed by atoms with Crippen LogP contribution in [-0.4, -0.2) is 36.0 Å². The summed E-state index contributed by atoms with van der Waals surface area (Å²) in [7, 11) is 0. The third kappa shape index (κ3) is 6.02. The molecule has 0 aromatic heterocycles. The highest BCUT2D eigenvalue weighted by molar-refractivity contribution is 4.82. The summed E-state index contributed by atoms with van der Waals surface area (Å²) in [4.78, 5) is 0. The van der Waals surface area contributed by atoms with Crippen molar-refractivity contribution in [2.45, 2.75) is 45.8 Å². The minimum Gasteiger partial charge on any atom is -0.394 e. The molecule has 3 heteroatoms. The van der Waals surface area contributed by atoms with Gasteiger partial charge < -0.3 is 15.2 Å². The van der Waals surface area contributed by atoms with Crippen molar-refractivity contribution in [2.24, 2.45) is 0 Å². The number of rotatable bonds is 5. The lowest BCUT2D eigenvalue weighted by Gasteiger charge is -2.32. The van der Waals surface area contributed by atoms with E-state index in [0.29, 0.717) is 6.61 Å². The van der Waals surface area contributed by atoms with E-state index in [1.165, 1.54) is 0 Å². The maximum absolute atomic E-state index is 9.17. The molecule has 1 atom stereocenters. The Balaban J connectivity index is 3.97. The van der Waals surface area contributed by atoms with Crippen LogP contribution in [0, 0.1) is 0 Å². The highest BCUT2D eigenvalue weighted by Gasteiger charge is 2.24. The molecule has 3 nitrogen and oxygen atoms in total. The van der Waals surface area contributed by atoms with Gasteiger partial charge in [-0.3, -0.25) is 0 Å². The second kappa shape index (κ2) is 4.94. The fraction of sp³-hybridized carbons (Fsp3) is 1.00. The lowest BCUT2D eigenvalue weighted by atomic mass is 10.0. The van der Waals surface area contributed by atoms with Crippen molar-refractivity contribution in [3.8, 4) is 0 Å². The first-order valence-corrected chi connectivity index (χ1v) is 4.83. The van der Waals surface area contributed by atoms with Gasteiger partial charge in [-0.1, -0.05) is 6.92 Å². The molecule has 0 aromatic rings. The monoisotopic (exact) mass is 189 g/mol. The summed E-state index contributed by atoms with van der Waals surface area (Å²) < 4.78 is 5.62. The van der Waals surface area contributed by atoms with Crippen LogP contribution in [-0.2, 0) is 4.74 Å². The lowest BCUT2D eigenvalue weighted by Crippen LogP contribution is -2.50. The van der Waals surface area contributed by atoms with E-state index >= 15 is 0 Å². The molecule has 0 radical (unpaired) electrons. The van der Waals surface area contributed by atoms with Crippen molar-refractivity contribution in [3.05, 3.63) is 0 Å². The van der Waals surface area contributed by atoms with E-state index in [1.807, 2.05) is 34.6 Å². The molecule has 2 N–H and O–H groups in total. The molecule has 1 unspecified atom stereocenters. The molecular formula is C10H23NO2. The van der Waals surface area contributed by atoms with Gasteiger partial charge in [-0.15, -0.1) is 0 Å². The van der Waals surface area contributed by atoms with E-state index in [-0.39, 0.29) is 17.7 Å². The van der Waals surface area contributed by atoms with Crippen molar-refractivity contribution in [1.29, 1.82) is 0 Å². The van der Waals surface area contributed by atoms with Gasteiger partial charge >= 0.3 is 0 Å². The summed E-state index contributed by atoms with van der Waals surface area (Å²) in [5, 5.41) is 12.4. The van der Waals surface area contributed by atoms with Gasteiger partial charge in [0.2, 0.25) is 0 Å². The molecule has 80 valence electrons. The highest BCUT2D eigenvalue weighted by atomic mass is 16.5. The zero-order chi connectivity index (χ0) is 10.5. The Bertz CT molecular complexity index is 142. The zero-order valence-corrected chi connectivity index (χ0v) is 9.48. The molecule has 0 rings (SSSR count). The molecule has 0 aromatic carbocycles. The van der Waals surface area contributed by atoms with Crippen LogP contribution in [0.15, 0.2) is 0 Å². The third-order valence-corrected chi connectivity index (χ3v) is 1.78. The zero-order valence-electron chi connectivity index (χ0n) is 9.48. The van der Waals surface area contributed by atoms with Crippen LogP contribution in [0.3, 0.4) is 0 Å². The molecule has 0 heterocycles. The first-order chi connectivity index (χ1) is 5.83. The number of ether oxygens (including phenoxy) is 1. The summed E-state index contributed by atoms with van der Waals surface area (Å²) in [6, 6.07) is 0. The second-order valence-corrected chi connectivity index (χ2v) is 4.65. The number of aliphatic hydroxyl groups is 1. The smallest absolute Gasteiger partial charge is 0.0675 e. The van der Waals surface area contributed by atoms with Crippen molar-refractivity contribution in [1.82, 2.24) is 5.32 Å². The van der Waals surface area contributed by atoms with Gasteiger partial charge in [-0.05, 0) is 34.2 Å². The van der Waals surface area contributed by atoms with Gasteiger partial charge in [0, 0.05) is 0 Å². The standard InChI is InChI=1S/C10H23NO2/c1-6-11-10(5,7-12)8-13-9(2,3)4/h11-12H,6-8H2,1-5H3. The van der Waals surface area contributed by atoms with Gasteiger partial charge in [0.1, 0.15) is 0 Å². The van der Waals surface area contributed by atoms with Crippen LogP contribution in [0.25, 0.3) is 0 Å². The molecule has 0 saturated carbocycles. The minimum atomic E-state index is -0.317. The predicted octanol–water partition coefficient (Wildman–Crippen LogP) is 1.16. The second-order valence-electron chi connectivity index (χ2n) is 4.65. The van der Waals surface area contributed by atoms with Gasteiger partial charge in [0.25, 0.3) is 0 Å². The first kappa shape index (κ1) is 12.9. The van der Waals surface area contributed by atoms with Crippen molar-refractivity contribution >= 4 is 0 Å². The quantitative estimate of drug-likeness (QED) is 0.682. The van der Waals surface area contributed by atoms with Crippen LogP contribution in [0.5, 0.6) is 0 Å². The molecule has 0 aliphatic carbocycles. The summed E-state index contributed by atoms with van der Waals surface area (Å²) in [5.74, 6) is 0. The van der Waals surface area contributed by atoms with Gasteiger partial charge in [-0.2, -0.15) is 0 Å². The van der Waals surface area contributed by atoms with Crippen molar-refractivity contribution in [3.63, 3.8) is 0 Å². The largest absolute Gasteiger partial charge is 0.394 e. The summed E-state index contributed by atoms with van der Waals surface area (Å²) in [5.41, 5.74) is -0.464. The van der Waals surface area contributed by atoms with Crippen LogP contribution in [0.4, 0.5) is 0 Å². The highest BCUT2D eigenvalue weighted by Crippen LogP contribution is 2.11. The molecule has 13 heavy (non-hydrogen) atoms. The average molecular weight is 189 g/mol. The number of hydrogen-bond donors (Lipinski definition) is 2. The molecule has 0 fully saturated rings. The van der Waals surface area contributed by atoms with Crippen LogP contribution >= 0.6 is 0 Å². The van der Waals surface area contributed by atoms with E-state index < -0.39 is 0 Å². The van der Waals surface area contributed by atoms with Crippen LogP contribution < -0.4 is 5.32 Å². The predicted molar refractivity (Wildman–Crippen MR) is 54.9 cm³/mol. The summed E-state index contributed by atoms with van der Waals surface area (Å²) in [6.07, 6.45) is 0. The topological polar surface area (TPSA) is 41.5 Å². The van der Waals surface area contributed by atoms with Gasteiger partial charge in [0.15, 0.2) is 0 Å². The molecule has 0 saturated heterocycles. The fourth-order valence-corrected chi connectivity index (χ4v) is 0.955. The van der Waals surface area contributed by atoms with E-state index in [0.717, 1.165) is 6.54 Å². The molecular weight excluding hydrogens is 166 g/mol. The normalized spacial score (nSPS) is 17.1. The Morgan fingerprint density at radius 2 is 1.77 bits per heavy atom.